The summed E-state index contributed by atoms with van der Waals surface area (Å²) < 4.78 is 0. The molecule has 0 amide bonds. The van der Waals surface area contributed by atoms with Gasteiger partial charge in [0.1, 0.15) is 0 Å². The lowest BCUT2D eigenvalue weighted by Gasteiger charge is -2.34. The highest BCUT2D eigenvalue weighted by molar-refractivity contribution is 6.35. The van der Waals surface area contributed by atoms with Gasteiger partial charge in [0.25, 0.3) is 0 Å². The first-order valence-corrected chi connectivity index (χ1v) is 8.45. The predicted octanol–water partition coefficient (Wildman–Crippen LogP) is 4.39. The molecule has 114 valence electrons. The van der Waals surface area contributed by atoms with E-state index in [1.54, 1.807) is 6.07 Å². The van der Waals surface area contributed by atoms with Gasteiger partial charge in [0.05, 0.1) is 12.6 Å². The van der Waals surface area contributed by atoms with E-state index in [-0.39, 0.29) is 6.04 Å². The molecule has 3 nitrogen and oxygen atoms in total. The van der Waals surface area contributed by atoms with Crippen molar-refractivity contribution >= 4 is 29.2 Å². The van der Waals surface area contributed by atoms with Gasteiger partial charge in [0.2, 0.25) is 0 Å². The molecule has 1 aliphatic heterocycles. The Morgan fingerprint density at radius 2 is 1.81 bits per heavy atom. The number of aliphatic imine (C=N–C) groups is 1. The van der Waals surface area contributed by atoms with Crippen molar-refractivity contribution in [2.75, 3.05) is 6.54 Å². The molecule has 1 aromatic carbocycles. The largest absolute Gasteiger partial charge is 0.370 e. The maximum absolute atomic E-state index is 6.39. The molecule has 1 heterocycles. The second kappa shape index (κ2) is 6.45. The smallest absolute Gasteiger partial charge is 0.192 e. The lowest BCUT2D eigenvalue weighted by atomic mass is 10.0. The molecule has 5 heteroatoms. The Labute approximate surface area is 136 Å². The van der Waals surface area contributed by atoms with E-state index < -0.39 is 0 Å². The number of nitrogens with zero attached hydrogens (tertiary/aromatic N) is 2. The van der Waals surface area contributed by atoms with Gasteiger partial charge in [0, 0.05) is 16.1 Å². The van der Waals surface area contributed by atoms with E-state index in [0.717, 1.165) is 5.56 Å². The molecule has 1 saturated carbocycles. The van der Waals surface area contributed by atoms with E-state index in [1.165, 1.54) is 38.5 Å². The molecule has 2 aliphatic rings. The molecule has 1 unspecified atom stereocenters. The van der Waals surface area contributed by atoms with Crippen LogP contribution in [0.3, 0.4) is 0 Å². The lowest BCUT2D eigenvalue weighted by Crippen LogP contribution is -2.43. The summed E-state index contributed by atoms with van der Waals surface area (Å²) in [7, 11) is 0. The van der Waals surface area contributed by atoms with Gasteiger partial charge in [-0.05, 0) is 30.5 Å². The minimum Gasteiger partial charge on any atom is -0.370 e. The SMILES string of the molecule is NC1=NCC(c2ccc(Cl)cc2Cl)N1C1CCCCCC1. The molecule has 1 fully saturated rings. The minimum absolute atomic E-state index is 0.151. The molecule has 21 heavy (non-hydrogen) atoms. The predicted molar refractivity (Wildman–Crippen MR) is 89.0 cm³/mol. The van der Waals surface area contributed by atoms with Crippen molar-refractivity contribution < 1.29 is 0 Å². The Balaban J connectivity index is 1.87. The van der Waals surface area contributed by atoms with Crippen molar-refractivity contribution in [1.82, 2.24) is 4.90 Å². The number of nitrogens with two attached hydrogens (primary N) is 1. The number of halogens is 2. The Morgan fingerprint density at radius 1 is 1.10 bits per heavy atom. The van der Waals surface area contributed by atoms with Crippen molar-refractivity contribution in [2.24, 2.45) is 10.7 Å². The molecule has 1 aliphatic carbocycles. The summed E-state index contributed by atoms with van der Waals surface area (Å²) in [5, 5.41) is 1.37. The van der Waals surface area contributed by atoms with Gasteiger partial charge < -0.3 is 10.6 Å². The van der Waals surface area contributed by atoms with Crippen LogP contribution in [0.2, 0.25) is 10.0 Å². The van der Waals surface area contributed by atoms with Crippen LogP contribution in [-0.4, -0.2) is 23.4 Å². The number of benzene rings is 1. The molecule has 3 rings (SSSR count). The van der Waals surface area contributed by atoms with Gasteiger partial charge in [-0.25, -0.2) is 0 Å². The van der Waals surface area contributed by atoms with Crippen molar-refractivity contribution in [3.63, 3.8) is 0 Å². The topological polar surface area (TPSA) is 41.6 Å². The Hall–Kier alpha value is -0.930. The van der Waals surface area contributed by atoms with E-state index in [0.29, 0.717) is 28.6 Å². The third-order valence-electron chi connectivity index (χ3n) is 4.57. The Bertz CT molecular complexity index is 536. The fourth-order valence-electron chi connectivity index (χ4n) is 3.51. The van der Waals surface area contributed by atoms with Crippen LogP contribution in [0.25, 0.3) is 0 Å². The number of hydrogen-bond acceptors (Lipinski definition) is 3. The van der Waals surface area contributed by atoms with Crippen LogP contribution in [0.5, 0.6) is 0 Å². The van der Waals surface area contributed by atoms with E-state index >= 15 is 0 Å². The van der Waals surface area contributed by atoms with Gasteiger partial charge in [0.15, 0.2) is 5.96 Å². The normalized spacial score (nSPS) is 24.0. The van der Waals surface area contributed by atoms with Gasteiger partial charge in [-0.3, -0.25) is 4.99 Å². The molecule has 0 bridgehead atoms. The zero-order valence-corrected chi connectivity index (χ0v) is 13.6. The maximum atomic E-state index is 6.39. The molecule has 2 N–H and O–H groups in total. The van der Waals surface area contributed by atoms with Gasteiger partial charge in [-0.2, -0.15) is 0 Å². The third kappa shape index (κ3) is 3.14. The van der Waals surface area contributed by atoms with E-state index in [2.05, 4.69) is 9.89 Å². The van der Waals surface area contributed by atoms with Crippen LogP contribution in [0, 0.1) is 0 Å². The van der Waals surface area contributed by atoms with Crippen molar-refractivity contribution in [1.29, 1.82) is 0 Å². The van der Waals surface area contributed by atoms with Gasteiger partial charge in [-0.1, -0.05) is 55.0 Å². The molecule has 0 spiro atoms. The van der Waals surface area contributed by atoms with Gasteiger partial charge >= 0.3 is 0 Å². The number of rotatable bonds is 2. The minimum atomic E-state index is 0.151. The highest BCUT2D eigenvalue weighted by Crippen LogP contribution is 2.36. The lowest BCUT2D eigenvalue weighted by molar-refractivity contribution is 0.237. The van der Waals surface area contributed by atoms with Crippen molar-refractivity contribution in [2.45, 2.75) is 50.6 Å². The summed E-state index contributed by atoms with van der Waals surface area (Å²) >= 11 is 12.4. The zero-order chi connectivity index (χ0) is 14.8. The summed E-state index contributed by atoms with van der Waals surface area (Å²) in [5.41, 5.74) is 7.25. The first-order valence-electron chi connectivity index (χ1n) is 7.70. The average molecular weight is 326 g/mol. The first kappa shape index (κ1) is 15.0. The molecular formula is C16H21Cl2N3. The van der Waals surface area contributed by atoms with Crippen LogP contribution in [0.4, 0.5) is 0 Å². The highest BCUT2D eigenvalue weighted by Gasteiger charge is 2.34. The van der Waals surface area contributed by atoms with Crippen molar-refractivity contribution in [3.05, 3.63) is 33.8 Å². The summed E-state index contributed by atoms with van der Waals surface area (Å²) in [4.78, 5) is 6.77. The molecular weight excluding hydrogens is 305 g/mol. The fraction of sp³-hybridized carbons (Fsp3) is 0.562. The molecule has 1 aromatic rings. The third-order valence-corrected chi connectivity index (χ3v) is 5.13. The second-order valence-electron chi connectivity index (χ2n) is 5.93. The van der Waals surface area contributed by atoms with Crippen molar-refractivity contribution in [3.8, 4) is 0 Å². The van der Waals surface area contributed by atoms with Crippen LogP contribution in [0.15, 0.2) is 23.2 Å². The highest BCUT2D eigenvalue weighted by atomic mass is 35.5. The van der Waals surface area contributed by atoms with Crippen LogP contribution < -0.4 is 5.73 Å². The zero-order valence-electron chi connectivity index (χ0n) is 12.1. The first-order chi connectivity index (χ1) is 10.2. The monoisotopic (exact) mass is 325 g/mol. The summed E-state index contributed by atoms with van der Waals surface area (Å²) in [6.45, 7) is 0.684. The van der Waals surface area contributed by atoms with Crippen LogP contribution >= 0.6 is 23.2 Å². The molecule has 1 atom stereocenters. The number of guanidine groups is 1. The standard InChI is InChI=1S/C16H21Cl2N3/c17-11-7-8-13(14(18)9-11)15-10-20-16(19)21(15)12-5-3-1-2-4-6-12/h7-9,12,15H,1-6,10H2,(H2,19,20). The quantitative estimate of drug-likeness (QED) is 0.819. The van der Waals surface area contributed by atoms with E-state index in [4.69, 9.17) is 28.9 Å². The average Bonchev–Trinajstić information content (AvgIpc) is 2.67. The van der Waals surface area contributed by atoms with Crippen LogP contribution in [0.1, 0.15) is 50.1 Å². The summed E-state index contributed by atoms with van der Waals surface area (Å²) in [6, 6.07) is 6.34. The number of hydrogen-bond donors (Lipinski definition) is 1. The maximum Gasteiger partial charge on any atom is 0.192 e. The van der Waals surface area contributed by atoms with E-state index in [1.807, 2.05) is 12.1 Å². The van der Waals surface area contributed by atoms with Crippen LogP contribution in [-0.2, 0) is 0 Å². The Morgan fingerprint density at radius 3 is 2.48 bits per heavy atom. The molecule has 0 aromatic heterocycles. The van der Waals surface area contributed by atoms with E-state index in [9.17, 15) is 0 Å². The Kier molecular flexibility index (Phi) is 4.60. The molecule has 0 saturated heterocycles. The van der Waals surface area contributed by atoms with Gasteiger partial charge in [-0.15, -0.1) is 0 Å². The second-order valence-corrected chi connectivity index (χ2v) is 6.78. The molecule has 0 radical (unpaired) electrons. The summed E-state index contributed by atoms with van der Waals surface area (Å²) in [5.74, 6) is 0.665. The fourth-order valence-corrected chi connectivity index (χ4v) is 4.04. The summed E-state index contributed by atoms with van der Waals surface area (Å²) in [6.07, 6.45) is 7.59.